The molecule has 0 fully saturated rings. The number of fused-ring (bicyclic) bond motifs is 31. The summed E-state index contributed by atoms with van der Waals surface area (Å²) >= 11 is 1.75. The lowest BCUT2D eigenvalue weighted by molar-refractivity contribution is 0.436. The maximum Gasteiger partial charge on any atom is 0.160 e. The summed E-state index contributed by atoms with van der Waals surface area (Å²) in [6.07, 6.45) is 0. The van der Waals surface area contributed by atoms with Gasteiger partial charge < -0.3 is 9.47 Å². The second-order valence-corrected chi connectivity index (χ2v) is 34.1. The largest absolute Gasteiger partial charge is 0.457 e. The first-order valence-corrected chi connectivity index (χ1v) is 43.5. The smallest absolute Gasteiger partial charge is 0.160 e. The molecule has 0 bridgehead atoms. The monoisotopic (exact) mass is 1610 g/mol. The molecule has 0 amide bonds. The first kappa shape index (κ1) is 70.8. The van der Waals surface area contributed by atoms with Gasteiger partial charge in [-0.05, 0) is 142 Å². The number of hydrogen-bond donors (Lipinski definition) is 0. The Hall–Kier alpha value is -16.1. The predicted molar refractivity (Wildman–Crippen MR) is 515 cm³/mol. The Labute approximate surface area is 724 Å². The van der Waals surface area contributed by atoms with Crippen LogP contribution in [0.25, 0.3) is 186 Å². The van der Waals surface area contributed by atoms with Crippen LogP contribution in [-0.2, 0) is 10.8 Å². The summed E-state index contributed by atoms with van der Waals surface area (Å²) in [6.45, 7) is 0. The lowest BCUT2D eigenvalue weighted by Gasteiger charge is -2.39. The Morgan fingerprint density at radius 1 is 0.200 bits per heavy atom. The third kappa shape index (κ3) is 10.4. The van der Waals surface area contributed by atoms with Crippen LogP contribution in [0.15, 0.2) is 425 Å². The summed E-state index contributed by atoms with van der Waals surface area (Å²) in [6, 6.07) is 153. The molecule has 0 unspecified atom stereocenters. The maximum absolute atomic E-state index is 6.65. The summed E-state index contributed by atoms with van der Waals surface area (Å²) in [7, 11) is 0. The third-order valence-corrected chi connectivity index (χ3v) is 27.9. The van der Waals surface area contributed by atoms with Gasteiger partial charge in [-0.15, -0.1) is 11.3 Å². The van der Waals surface area contributed by atoms with Crippen LogP contribution in [0.4, 0.5) is 0 Å². The Morgan fingerprint density at radius 3 is 0.968 bits per heavy atom. The van der Waals surface area contributed by atoms with E-state index in [-0.39, 0.29) is 0 Å². The van der Waals surface area contributed by atoms with Crippen molar-refractivity contribution < 1.29 is 9.47 Å². The van der Waals surface area contributed by atoms with E-state index in [0.717, 1.165) is 139 Å². The highest BCUT2D eigenvalue weighted by Gasteiger charge is 2.54. The lowest BCUT2D eigenvalue weighted by Crippen LogP contribution is -2.32. The van der Waals surface area contributed by atoms with E-state index in [2.05, 4.69) is 406 Å². The average Bonchev–Trinajstić information content (AvgIpc) is 1.52. The SMILES string of the molecule is c1ccc(-c2ccc(-c3c4ccccc4c(-c4ccc(-c5nc6ccccc6c6c7c(ccc56)C5(c6ccccc6Oc6ccccc65)c5ccccc5-7)cc4)c4ccccc34)cc2)cc1.c1ccc(-c2nc(-c3ccc(-c4nc5ccccc5c5c6c(ccc45)C4(c5ccccc5Oc5ccccc54)c4ccccc4-6)cc3)c3sc4ccccc4c3n2)cc1. The maximum atomic E-state index is 6.65. The zero-order chi connectivity index (χ0) is 82.0. The van der Waals surface area contributed by atoms with Gasteiger partial charge in [0.05, 0.1) is 49.2 Å². The van der Waals surface area contributed by atoms with Crippen molar-refractivity contribution in [3.8, 4) is 124 Å². The number of nitrogens with zero attached hydrogens (tertiary/aromatic N) is 4. The van der Waals surface area contributed by atoms with Crippen LogP contribution < -0.4 is 9.47 Å². The number of thiophene rings is 1. The molecule has 6 nitrogen and oxygen atoms in total. The number of ether oxygens (including phenoxy) is 2. The molecule has 0 atom stereocenters. The van der Waals surface area contributed by atoms with Crippen LogP contribution in [0.1, 0.15) is 44.5 Å². The van der Waals surface area contributed by atoms with E-state index in [9.17, 15) is 0 Å². The fraction of sp³-hybridized carbons (Fsp3) is 0.0169. The Kier molecular flexibility index (Phi) is 15.7. The van der Waals surface area contributed by atoms with Gasteiger partial charge in [-0.3, -0.25) is 0 Å². The van der Waals surface area contributed by atoms with Gasteiger partial charge in [-0.1, -0.05) is 382 Å². The highest BCUT2D eigenvalue weighted by atomic mass is 32.1. The van der Waals surface area contributed by atoms with E-state index in [0.29, 0.717) is 0 Å². The van der Waals surface area contributed by atoms with E-state index in [1.54, 1.807) is 11.3 Å². The van der Waals surface area contributed by atoms with Crippen LogP contribution in [0.3, 0.4) is 0 Å². The molecule has 2 aliphatic carbocycles. The van der Waals surface area contributed by atoms with Crippen molar-refractivity contribution in [3.05, 3.63) is 469 Å². The number of para-hydroxylation sites is 6. The normalized spacial score (nSPS) is 13.2. The number of aromatic nitrogens is 4. The molecule has 6 heterocycles. The van der Waals surface area contributed by atoms with E-state index in [4.69, 9.17) is 29.4 Å². The number of benzene rings is 19. The molecule has 2 spiro atoms. The van der Waals surface area contributed by atoms with Gasteiger partial charge in [-0.25, -0.2) is 19.9 Å². The van der Waals surface area contributed by atoms with Crippen molar-refractivity contribution >= 4 is 96.5 Å². The molecular weight excluding hydrogens is 1540 g/mol. The van der Waals surface area contributed by atoms with Crippen LogP contribution in [0.5, 0.6) is 23.0 Å². The van der Waals surface area contributed by atoms with E-state index < -0.39 is 10.8 Å². The topological polar surface area (TPSA) is 70.0 Å². The molecule has 125 heavy (non-hydrogen) atoms. The van der Waals surface area contributed by atoms with Gasteiger partial charge in [0.1, 0.15) is 23.0 Å². The quantitative estimate of drug-likeness (QED) is 0.117. The minimum absolute atomic E-state index is 0.550. The van der Waals surface area contributed by atoms with Crippen LogP contribution in [0.2, 0.25) is 0 Å². The molecule has 0 radical (unpaired) electrons. The molecule has 0 saturated heterocycles. The highest BCUT2D eigenvalue weighted by molar-refractivity contribution is 7.26. The predicted octanol–water partition coefficient (Wildman–Crippen LogP) is 30.8. The molecule has 0 saturated carbocycles. The van der Waals surface area contributed by atoms with Crippen molar-refractivity contribution in [3.63, 3.8) is 0 Å². The molecule has 4 aliphatic rings. The van der Waals surface area contributed by atoms with Gasteiger partial charge in [0.25, 0.3) is 0 Å². The van der Waals surface area contributed by atoms with E-state index >= 15 is 0 Å². The Morgan fingerprint density at radius 2 is 0.528 bits per heavy atom. The van der Waals surface area contributed by atoms with Gasteiger partial charge in [0.15, 0.2) is 5.82 Å². The molecule has 0 N–H and O–H groups in total. The van der Waals surface area contributed by atoms with Crippen molar-refractivity contribution in [1.29, 1.82) is 0 Å². The van der Waals surface area contributed by atoms with Crippen molar-refractivity contribution in [2.75, 3.05) is 0 Å². The molecule has 27 rings (SSSR count). The number of rotatable bonds is 7. The van der Waals surface area contributed by atoms with Crippen LogP contribution in [0, 0.1) is 0 Å². The second kappa shape index (κ2) is 27.7. The Balaban J connectivity index is 0.000000134. The molecular formula is C118H70N4O2S. The highest BCUT2D eigenvalue weighted by Crippen LogP contribution is 2.66. The molecule has 2 aliphatic heterocycles. The fourth-order valence-electron chi connectivity index (χ4n) is 21.5. The summed E-state index contributed by atoms with van der Waals surface area (Å²) in [5, 5.41) is 13.1. The first-order chi connectivity index (χ1) is 62.0. The fourth-order valence-corrected chi connectivity index (χ4v) is 22.7. The molecule has 580 valence electrons. The minimum Gasteiger partial charge on any atom is -0.457 e. The van der Waals surface area contributed by atoms with Gasteiger partial charge >= 0.3 is 0 Å². The van der Waals surface area contributed by atoms with Crippen molar-refractivity contribution in [1.82, 2.24) is 19.9 Å². The van der Waals surface area contributed by atoms with Gasteiger partial charge in [-0.2, -0.15) is 0 Å². The molecule has 19 aromatic carbocycles. The standard InChI is InChI=1S/C64H39NO.C54H31N3OS/c1-2-16-40(17-3-1)41-30-32-42(33-31-41)59-45-18-4-6-20-47(45)60(48-21-7-5-19-46(48)59)43-34-36-44(37-35-43)63-51-38-39-55-62(61(51)50-23-9-13-27-56(50)65-63)49-22-8-10-24-52(49)64(55)53-25-11-14-28-57(53)66-58-29-15-12-26-54(58)64;1-2-14-34(15-3-1)53-56-50(52-51(57-53)37-18-6-13-25-46(37)59-52)33-28-26-32(27-29-33)49-38-30-31-42-48(47(38)36-17-5-10-22-43(36)55-49)35-16-4-7-19-39(35)54(42)40-20-8-11-23-44(40)58-45-24-12-9-21-41(45)54/h1-39H;1-31H. The zero-order valence-corrected chi connectivity index (χ0v) is 68.2. The summed E-state index contributed by atoms with van der Waals surface area (Å²) in [4.78, 5) is 21.3. The van der Waals surface area contributed by atoms with Crippen LogP contribution >= 0.6 is 11.3 Å². The summed E-state index contributed by atoms with van der Waals surface area (Å²) in [5.74, 6) is 4.30. The average molecular weight is 1610 g/mol. The van der Waals surface area contributed by atoms with Crippen molar-refractivity contribution in [2.45, 2.75) is 10.8 Å². The van der Waals surface area contributed by atoms with E-state index in [1.165, 1.54) is 115 Å². The van der Waals surface area contributed by atoms with E-state index in [1.807, 2.05) is 18.2 Å². The summed E-state index contributed by atoms with van der Waals surface area (Å²) < 4.78 is 15.6. The lowest BCUT2D eigenvalue weighted by atomic mass is 9.66. The second-order valence-electron chi connectivity index (χ2n) is 33.0. The molecule has 4 aromatic heterocycles. The zero-order valence-electron chi connectivity index (χ0n) is 67.4. The Bertz CT molecular complexity index is 8320. The molecule has 7 heteroatoms. The minimum atomic E-state index is -0.551. The van der Waals surface area contributed by atoms with Gasteiger partial charge in [0.2, 0.25) is 0 Å². The third-order valence-electron chi connectivity index (χ3n) is 26.7. The van der Waals surface area contributed by atoms with Crippen LogP contribution in [-0.4, -0.2) is 19.9 Å². The van der Waals surface area contributed by atoms with Crippen molar-refractivity contribution in [2.24, 2.45) is 0 Å². The number of hydrogen-bond acceptors (Lipinski definition) is 7. The van der Waals surface area contributed by atoms with Gasteiger partial charge in [0, 0.05) is 86.9 Å². The molecule has 23 aromatic rings. The first-order valence-electron chi connectivity index (χ1n) is 42.7. The number of pyridine rings is 2. The summed E-state index contributed by atoms with van der Waals surface area (Å²) in [5.41, 5.74) is 30.9.